The third-order valence-corrected chi connectivity index (χ3v) is 3.17. The SMILES string of the molecule is Cc1[nH]c(C(=O)O)c(C)c1C(=O)Nc1ccccc1C#N. The fourth-order valence-electron chi connectivity index (χ4n) is 2.18. The molecule has 6 nitrogen and oxygen atoms in total. The van der Waals surface area contributed by atoms with E-state index in [9.17, 15) is 9.59 Å². The van der Waals surface area contributed by atoms with Crippen molar-refractivity contribution in [3.63, 3.8) is 0 Å². The van der Waals surface area contributed by atoms with Crippen molar-refractivity contribution in [3.8, 4) is 6.07 Å². The number of nitrogens with zero attached hydrogens (tertiary/aromatic N) is 1. The highest BCUT2D eigenvalue weighted by Gasteiger charge is 2.22. The van der Waals surface area contributed by atoms with Crippen LogP contribution in [0.4, 0.5) is 5.69 Å². The van der Waals surface area contributed by atoms with Crippen LogP contribution in [0.1, 0.15) is 37.7 Å². The standard InChI is InChI=1S/C15H13N3O3/c1-8-12(9(2)17-13(8)15(20)21)14(19)18-11-6-4-3-5-10(11)7-16/h3-6,17H,1-2H3,(H,18,19)(H,20,21). The number of nitriles is 1. The van der Waals surface area contributed by atoms with Crippen molar-refractivity contribution in [2.75, 3.05) is 5.32 Å². The lowest BCUT2D eigenvalue weighted by atomic mass is 10.1. The van der Waals surface area contributed by atoms with Gasteiger partial charge in [-0.1, -0.05) is 12.1 Å². The monoisotopic (exact) mass is 283 g/mol. The molecule has 0 aliphatic carbocycles. The molecule has 1 amide bonds. The zero-order valence-electron chi connectivity index (χ0n) is 11.5. The Morgan fingerprint density at radius 2 is 1.95 bits per heavy atom. The molecule has 3 N–H and O–H groups in total. The number of nitrogens with one attached hydrogen (secondary N) is 2. The van der Waals surface area contributed by atoms with Gasteiger partial charge >= 0.3 is 5.97 Å². The van der Waals surface area contributed by atoms with Crippen LogP contribution in [0.5, 0.6) is 0 Å². The van der Waals surface area contributed by atoms with Gasteiger partial charge in [0, 0.05) is 5.69 Å². The number of carboxylic acid groups (broad SMARTS) is 1. The summed E-state index contributed by atoms with van der Waals surface area (Å²) >= 11 is 0. The van der Waals surface area contributed by atoms with Crippen molar-refractivity contribution in [3.05, 3.63) is 52.3 Å². The van der Waals surface area contributed by atoms with Gasteiger partial charge in [-0.25, -0.2) is 4.79 Å². The van der Waals surface area contributed by atoms with E-state index in [1.807, 2.05) is 6.07 Å². The molecule has 106 valence electrons. The number of H-pyrrole nitrogens is 1. The van der Waals surface area contributed by atoms with Crippen LogP contribution in [-0.4, -0.2) is 22.0 Å². The molecular weight excluding hydrogens is 270 g/mol. The van der Waals surface area contributed by atoms with Gasteiger partial charge < -0.3 is 15.4 Å². The van der Waals surface area contributed by atoms with Crippen LogP contribution in [0.2, 0.25) is 0 Å². The number of carboxylic acids is 1. The number of rotatable bonds is 3. The molecule has 1 aromatic carbocycles. The highest BCUT2D eigenvalue weighted by Crippen LogP contribution is 2.21. The van der Waals surface area contributed by atoms with Gasteiger partial charge in [-0.05, 0) is 31.5 Å². The number of amides is 1. The first-order valence-electron chi connectivity index (χ1n) is 6.18. The number of aromatic carboxylic acids is 1. The van der Waals surface area contributed by atoms with Crippen LogP contribution >= 0.6 is 0 Å². The number of aromatic nitrogens is 1. The van der Waals surface area contributed by atoms with Crippen molar-refractivity contribution in [1.29, 1.82) is 5.26 Å². The molecule has 2 aromatic rings. The first-order valence-corrected chi connectivity index (χ1v) is 6.18. The Bertz CT molecular complexity index is 769. The van der Waals surface area contributed by atoms with Crippen molar-refractivity contribution in [2.45, 2.75) is 13.8 Å². The van der Waals surface area contributed by atoms with Crippen molar-refractivity contribution >= 4 is 17.6 Å². The summed E-state index contributed by atoms with van der Waals surface area (Å²) in [4.78, 5) is 26.1. The normalized spacial score (nSPS) is 9.95. The van der Waals surface area contributed by atoms with Crippen molar-refractivity contribution in [1.82, 2.24) is 4.98 Å². The molecule has 6 heteroatoms. The third-order valence-electron chi connectivity index (χ3n) is 3.17. The lowest BCUT2D eigenvalue weighted by molar-refractivity contribution is 0.0690. The quantitative estimate of drug-likeness (QED) is 0.804. The van der Waals surface area contributed by atoms with E-state index in [1.54, 1.807) is 38.1 Å². The maximum Gasteiger partial charge on any atom is 0.352 e. The zero-order valence-corrected chi connectivity index (χ0v) is 11.5. The topological polar surface area (TPSA) is 106 Å². The Morgan fingerprint density at radius 1 is 1.29 bits per heavy atom. The van der Waals surface area contributed by atoms with Gasteiger partial charge in [0.2, 0.25) is 0 Å². The van der Waals surface area contributed by atoms with Crippen LogP contribution in [-0.2, 0) is 0 Å². The summed E-state index contributed by atoms with van der Waals surface area (Å²) in [7, 11) is 0. The number of carbonyl (C=O) groups excluding carboxylic acids is 1. The molecule has 1 heterocycles. The Labute approximate surface area is 121 Å². The maximum absolute atomic E-state index is 12.3. The molecule has 0 saturated heterocycles. The highest BCUT2D eigenvalue weighted by atomic mass is 16.4. The number of anilines is 1. The summed E-state index contributed by atoms with van der Waals surface area (Å²) in [5.41, 5.74) is 1.84. The molecule has 0 bridgehead atoms. The number of para-hydroxylation sites is 1. The maximum atomic E-state index is 12.3. The Morgan fingerprint density at radius 3 is 2.52 bits per heavy atom. The molecule has 0 saturated carbocycles. The minimum atomic E-state index is -1.12. The second-order valence-corrected chi connectivity index (χ2v) is 4.54. The zero-order chi connectivity index (χ0) is 15.6. The molecule has 1 aromatic heterocycles. The van der Waals surface area contributed by atoms with Crippen LogP contribution in [0.15, 0.2) is 24.3 Å². The number of hydrogen-bond acceptors (Lipinski definition) is 3. The molecule has 0 fully saturated rings. The molecule has 2 rings (SSSR count). The predicted molar refractivity (Wildman–Crippen MR) is 76.3 cm³/mol. The second kappa shape index (κ2) is 5.51. The van der Waals surface area contributed by atoms with Crippen LogP contribution in [0, 0.1) is 25.2 Å². The first-order chi connectivity index (χ1) is 9.95. The first kappa shape index (κ1) is 14.3. The Balaban J connectivity index is 2.38. The molecule has 0 unspecified atom stereocenters. The average molecular weight is 283 g/mol. The van der Waals surface area contributed by atoms with Gasteiger partial charge in [0.25, 0.3) is 5.91 Å². The summed E-state index contributed by atoms with van der Waals surface area (Å²) in [6.07, 6.45) is 0. The van der Waals surface area contributed by atoms with Gasteiger partial charge in [0.1, 0.15) is 11.8 Å². The fourth-order valence-corrected chi connectivity index (χ4v) is 2.18. The number of carbonyl (C=O) groups is 2. The summed E-state index contributed by atoms with van der Waals surface area (Å²) in [6, 6.07) is 8.60. The number of aryl methyl sites for hydroxylation is 1. The number of hydrogen-bond donors (Lipinski definition) is 3. The summed E-state index contributed by atoms with van der Waals surface area (Å²) in [5.74, 6) is -1.57. The van der Waals surface area contributed by atoms with Crippen molar-refractivity contribution in [2.24, 2.45) is 0 Å². The number of aromatic amines is 1. The fraction of sp³-hybridized carbons (Fsp3) is 0.133. The van der Waals surface area contributed by atoms with E-state index in [2.05, 4.69) is 10.3 Å². The van der Waals surface area contributed by atoms with E-state index in [1.165, 1.54) is 0 Å². The van der Waals surface area contributed by atoms with Crippen LogP contribution in [0.3, 0.4) is 0 Å². The minimum absolute atomic E-state index is 0.00813. The van der Waals surface area contributed by atoms with Gasteiger partial charge in [0.15, 0.2) is 0 Å². The van der Waals surface area contributed by atoms with Gasteiger partial charge in [-0.3, -0.25) is 4.79 Å². The van der Waals surface area contributed by atoms with Crippen molar-refractivity contribution < 1.29 is 14.7 Å². The van der Waals surface area contributed by atoms with E-state index in [0.29, 0.717) is 22.5 Å². The van der Waals surface area contributed by atoms with E-state index < -0.39 is 11.9 Å². The average Bonchev–Trinajstić information content (AvgIpc) is 2.74. The molecule has 0 radical (unpaired) electrons. The number of benzene rings is 1. The lowest BCUT2D eigenvalue weighted by Gasteiger charge is -2.07. The Kier molecular flexibility index (Phi) is 3.76. The molecule has 0 aliphatic heterocycles. The summed E-state index contributed by atoms with van der Waals surface area (Å²) in [6.45, 7) is 3.20. The third kappa shape index (κ3) is 2.62. The largest absolute Gasteiger partial charge is 0.477 e. The highest BCUT2D eigenvalue weighted by molar-refractivity contribution is 6.08. The molecule has 21 heavy (non-hydrogen) atoms. The molecule has 0 atom stereocenters. The summed E-state index contributed by atoms with van der Waals surface area (Å²) in [5, 5.41) is 20.7. The molecule has 0 aliphatic rings. The van der Waals surface area contributed by atoms with E-state index in [-0.39, 0.29) is 11.3 Å². The van der Waals surface area contributed by atoms with E-state index in [4.69, 9.17) is 10.4 Å². The minimum Gasteiger partial charge on any atom is -0.477 e. The lowest BCUT2D eigenvalue weighted by Crippen LogP contribution is -2.14. The molecule has 0 spiro atoms. The smallest absolute Gasteiger partial charge is 0.352 e. The van der Waals surface area contributed by atoms with Crippen LogP contribution < -0.4 is 5.32 Å². The molecular formula is C15H13N3O3. The van der Waals surface area contributed by atoms with Gasteiger partial charge in [0.05, 0.1) is 16.8 Å². The van der Waals surface area contributed by atoms with E-state index in [0.717, 1.165) is 0 Å². The Hall–Kier alpha value is -3.07. The predicted octanol–water partition coefficient (Wildman–Crippen LogP) is 2.45. The van der Waals surface area contributed by atoms with Gasteiger partial charge in [-0.2, -0.15) is 5.26 Å². The second-order valence-electron chi connectivity index (χ2n) is 4.54. The van der Waals surface area contributed by atoms with Crippen LogP contribution in [0.25, 0.3) is 0 Å². The van der Waals surface area contributed by atoms with E-state index >= 15 is 0 Å². The van der Waals surface area contributed by atoms with Gasteiger partial charge in [-0.15, -0.1) is 0 Å². The summed E-state index contributed by atoms with van der Waals surface area (Å²) < 4.78 is 0.